The van der Waals surface area contributed by atoms with E-state index >= 15 is 0 Å². The summed E-state index contributed by atoms with van der Waals surface area (Å²) < 4.78 is 6.60. The van der Waals surface area contributed by atoms with Crippen LogP contribution in [0.2, 0.25) is 0 Å². The number of ketones is 1. The molecule has 0 fully saturated rings. The summed E-state index contributed by atoms with van der Waals surface area (Å²) in [5.41, 5.74) is 2.95. The van der Waals surface area contributed by atoms with Gasteiger partial charge in [-0.1, -0.05) is 50.3 Å². The molecule has 0 spiro atoms. The molecule has 0 N–H and O–H groups in total. The van der Waals surface area contributed by atoms with E-state index in [1.165, 1.54) is 4.68 Å². The summed E-state index contributed by atoms with van der Waals surface area (Å²) in [6.45, 7) is 5.92. The molecule has 0 unspecified atom stereocenters. The Morgan fingerprint density at radius 3 is 2.76 bits per heavy atom. The number of nitriles is 1. The molecule has 0 saturated carbocycles. The standard InChI is InChI=1S/C23H23N3O3/c1-4-29-22(28)26-19(15-8-6-5-7-9-15)17-10-11-18-14(2)20(27)16(13-24)12-23(18,3)21(17)25-26/h5-9,12,14,18H,4,10-11H2,1-3H3/t14-,18-,23-/m0/s1. The Morgan fingerprint density at radius 1 is 1.38 bits per heavy atom. The van der Waals surface area contributed by atoms with E-state index in [0.29, 0.717) is 6.42 Å². The van der Waals surface area contributed by atoms with Crippen molar-refractivity contribution in [3.05, 3.63) is 53.2 Å². The highest BCUT2D eigenvalue weighted by Gasteiger charge is 2.50. The van der Waals surface area contributed by atoms with Crippen molar-refractivity contribution in [1.29, 1.82) is 5.26 Å². The zero-order valence-electron chi connectivity index (χ0n) is 16.8. The van der Waals surface area contributed by atoms with Gasteiger partial charge in [-0.2, -0.15) is 15.0 Å². The minimum atomic E-state index is -0.590. The third-order valence-electron chi connectivity index (χ3n) is 6.30. The van der Waals surface area contributed by atoms with Crippen molar-refractivity contribution in [3.63, 3.8) is 0 Å². The van der Waals surface area contributed by atoms with Gasteiger partial charge in [0.25, 0.3) is 0 Å². The molecular formula is C23H23N3O3. The monoisotopic (exact) mass is 389 g/mol. The summed E-state index contributed by atoms with van der Waals surface area (Å²) >= 11 is 0. The fraction of sp³-hybridized carbons (Fsp3) is 0.391. The van der Waals surface area contributed by atoms with Crippen LogP contribution in [0.15, 0.2) is 42.0 Å². The van der Waals surface area contributed by atoms with E-state index in [0.717, 1.165) is 28.9 Å². The molecule has 4 rings (SSSR count). The molecule has 1 heterocycles. The molecule has 0 aliphatic heterocycles. The number of fused-ring (bicyclic) bond motifs is 3. The maximum absolute atomic E-state index is 12.7. The van der Waals surface area contributed by atoms with Crippen LogP contribution in [0.1, 0.15) is 38.4 Å². The predicted molar refractivity (Wildman–Crippen MR) is 107 cm³/mol. The molecule has 2 aliphatic rings. The number of carbonyl (C=O) groups excluding carboxylic acids is 2. The van der Waals surface area contributed by atoms with Gasteiger partial charge in [-0.3, -0.25) is 4.79 Å². The third-order valence-corrected chi connectivity index (χ3v) is 6.30. The quantitative estimate of drug-likeness (QED) is 0.774. The number of hydrogen-bond acceptors (Lipinski definition) is 5. The van der Waals surface area contributed by atoms with Crippen LogP contribution in [0.4, 0.5) is 4.79 Å². The van der Waals surface area contributed by atoms with Crippen molar-refractivity contribution in [2.45, 2.75) is 39.0 Å². The van der Waals surface area contributed by atoms with Gasteiger partial charge in [0.15, 0.2) is 5.78 Å². The van der Waals surface area contributed by atoms with Crippen molar-refractivity contribution in [2.75, 3.05) is 6.61 Å². The fourth-order valence-electron chi connectivity index (χ4n) is 4.94. The Hall–Kier alpha value is -3.20. The number of hydrogen-bond donors (Lipinski definition) is 0. The van der Waals surface area contributed by atoms with E-state index in [1.54, 1.807) is 13.0 Å². The lowest BCUT2D eigenvalue weighted by atomic mass is 9.58. The molecule has 1 aromatic heterocycles. The first kappa shape index (κ1) is 19.1. The fourth-order valence-corrected chi connectivity index (χ4v) is 4.94. The predicted octanol–water partition coefficient (Wildman–Crippen LogP) is 4.04. The number of nitrogens with zero attached hydrogens (tertiary/aromatic N) is 3. The molecule has 6 nitrogen and oxygen atoms in total. The molecule has 2 aliphatic carbocycles. The zero-order valence-corrected chi connectivity index (χ0v) is 16.8. The van der Waals surface area contributed by atoms with Crippen LogP contribution >= 0.6 is 0 Å². The van der Waals surface area contributed by atoms with Crippen LogP contribution in [0.3, 0.4) is 0 Å². The highest BCUT2D eigenvalue weighted by atomic mass is 16.5. The maximum Gasteiger partial charge on any atom is 0.435 e. The molecular weight excluding hydrogens is 366 g/mol. The van der Waals surface area contributed by atoms with Crippen LogP contribution in [0.5, 0.6) is 0 Å². The van der Waals surface area contributed by atoms with Crippen molar-refractivity contribution in [1.82, 2.24) is 9.78 Å². The van der Waals surface area contributed by atoms with Gasteiger partial charge < -0.3 is 4.74 Å². The second-order valence-corrected chi connectivity index (χ2v) is 7.90. The molecule has 0 saturated heterocycles. The molecule has 0 radical (unpaired) electrons. The van der Waals surface area contributed by atoms with Crippen LogP contribution in [0, 0.1) is 23.2 Å². The number of allylic oxidation sites excluding steroid dienone is 2. The highest BCUT2D eigenvalue weighted by Crippen LogP contribution is 2.51. The van der Waals surface area contributed by atoms with E-state index < -0.39 is 11.5 Å². The number of Topliss-reactive ketones (excluding diaryl/α,β-unsaturated/α-hetero) is 1. The van der Waals surface area contributed by atoms with Crippen molar-refractivity contribution in [2.24, 2.45) is 11.8 Å². The summed E-state index contributed by atoms with van der Waals surface area (Å²) in [5, 5.41) is 14.2. The van der Waals surface area contributed by atoms with Gasteiger partial charge in [-0.05, 0) is 25.7 Å². The van der Waals surface area contributed by atoms with Crippen molar-refractivity contribution >= 4 is 11.9 Å². The van der Waals surface area contributed by atoms with E-state index in [1.807, 2.05) is 44.2 Å². The maximum atomic E-state index is 12.7. The van der Waals surface area contributed by atoms with Gasteiger partial charge in [0.1, 0.15) is 6.07 Å². The van der Waals surface area contributed by atoms with Gasteiger partial charge in [0, 0.05) is 22.5 Å². The molecule has 29 heavy (non-hydrogen) atoms. The highest BCUT2D eigenvalue weighted by molar-refractivity contribution is 6.02. The van der Waals surface area contributed by atoms with Gasteiger partial charge in [0.2, 0.25) is 0 Å². The summed E-state index contributed by atoms with van der Waals surface area (Å²) in [5.74, 6) is -0.332. The van der Waals surface area contributed by atoms with Gasteiger partial charge >= 0.3 is 6.09 Å². The minimum Gasteiger partial charge on any atom is -0.448 e. The van der Waals surface area contributed by atoms with Crippen molar-refractivity contribution < 1.29 is 14.3 Å². The summed E-state index contributed by atoms with van der Waals surface area (Å²) in [7, 11) is 0. The lowest BCUT2D eigenvalue weighted by molar-refractivity contribution is -0.121. The summed E-state index contributed by atoms with van der Waals surface area (Å²) in [4.78, 5) is 25.3. The second-order valence-electron chi connectivity index (χ2n) is 7.90. The Kier molecular flexibility index (Phi) is 4.62. The molecule has 0 amide bonds. The smallest absolute Gasteiger partial charge is 0.435 e. The average molecular weight is 389 g/mol. The summed E-state index contributed by atoms with van der Waals surface area (Å²) in [6.07, 6.45) is 2.74. The van der Waals surface area contributed by atoms with Gasteiger partial charge in [-0.15, -0.1) is 0 Å². The Balaban J connectivity index is 1.98. The van der Waals surface area contributed by atoms with E-state index in [9.17, 15) is 14.9 Å². The number of aromatic nitrogens is 2. The molecule has 2 aromatic rings. The van der Waals surface area contributed by atoms with Crippen molar-refractivity contribution in [3.8, 4) is 17.3 Å². The Bertz CT molecular complexity index is 1060. The molecule has 148 valence electrons. The van der Waals surface area contributed by atoms with E-state index in [2.05, 4.69) is 6.07 Å². The number of rotatable bonds is 2. The Morgan fingerprint density at radius 2 is 2.10 bits per heavy atom. The first-order chi connectivity index (χ1) is 13.9. The van der Waals surface area contributed by atoms with Crippen LogP contribution in [-0.2, 0) is 21.4 Å². The molecule has 0 bridgehead atoms. The second kappa shape index (κ2) is 7.00. The van der Waals surface area contributed by atoms with Crippen LogP contribution < -0.4 is 0 Å². The normalized spacial score (nSPS) is 25.4. The lowest BCUT2D eigenvalue weighted by Crippen LogP contribution is -2.45. The molecule has 1 aromatic carbocycles. The molecule has 6 heteroatoms. The lowest BCUT2D eigenvalue weighted by Gasteiger charge is -2.44. The van der Waals surface area contributed by atoms with E-state index in [4.69, 9.17) is 9.84 Å². The number of ether oxygens (including phenoxy) is 1. The topological polar surface area (TPSA) is 85.0 Å². The van der Waals surface area contributed by atoms with E-state index in [-0.39, 0.29) is 29.8 Å². The average Bonchev–Trinajstić information content (AvgIpc) is 3.13. The first-order valence-corrected chi connectivity index (χ1v) is 9.94. The Labute approximate surface area is 169 Å². The summed E-state index contributed by atoms with van der Waals surface area (Å²) in [6, 6.07) is 11.7. The first-order valence-electron chi connectivity index (χ1n) is 9.94. The zero-order chi connectivity index (χ0) is 20.8. The minimum absolute atomic E-state index is 0.0359. The van der Waals surface area contributed by atoms with Crippen LogP contribution in [-0.4, -0.2) is 28.3 Å². The number of carbonyl (C=O) groups is 2. The largest absolute Gasteiger partial charge is 0.448 e. The number of benzene rings is 1. The SMILES string of the molecule is CCOC(=O)n1nc2c(c1-c1ccccc1)CC[C@H]1[C@H](C)C(=O)C(C#N)=C[C@]21C. The van der Waals surface area contributed by atoms with Crippen LogP contribution in [0.25, 0.3) is 11.3 Å². The van der Waals surface area contributed by atoms with Gasteiger partial charge in [-0.25, -0.2) is 4.79 Å². The molecule has 3 atom stereocenters. The third kappa shape index (κ3) is 2.80. The van der Waals surface area contributed by atoms with Gasteiger partial charge in [0.05, 0.1) is 23.6 Å².